The Hall–Kier alpha value is -6.68. The molecular weight excluding hydrogens is 685 g/mol. The van der Waals surface area contributed by atoms with Crippen molar-refractivity contribution in [2.75, 3.05) is 0 Å². The number of thiophene rings is 1. The zero-order chi connectivity index (χ0) is 36.5. The summed E-state index contributed by atoms with van der Waals surface area (Å²) in [5.74, 6) is 0.721. The van der Waals surface area contributed by atoms with Gasteiger partial charge >= 0.3 is 0 Å². The third kappa shape index (κ3) is 5.08. The molecule has 0 amide bonds. The topological polar surface area (TPSA) is 25.8 Å². The lowest BCUT2D eigenvalue weighted by Crippen LogP contribution is -2.22. The van der Waals surface area contributed by atoms with E-state index in [9.17, 15) is 0 Å². The maximum absolute atomic E-state index is 5.35. The van der Waals surface area contributed by atoms with E-state index in [0.717, 1.165) is 39.3 Å². The Morgan fingerprint density at radius 1 is 0.400 bits per heavy atom. The van der Waals surface area contributed by atoms with E-state index in [2.05, 4.69) is 195 Å². The molecule has 0 saturated carbocycles. The summed E-state index contributed by atoms with van der Waals surface area (Å²) in [5.41, 5.74) is 13.5. The Morgan fingerprint density at radius 3 is 1.89 bits per heavy atom. The van der Waals surface area contributed by atoms with Gasteiger partial charge in [0.1, 0.15) is 0 Å². The molecular formula is C52H34N2S. The van der Waals surface area contributed by atoms with E-state index in [1.165, 1.54) is 64.5 Å². The lowest BCUT2D eigenvalue weighted by molar-refractivity contribution is 0.714. The number of hydrogen-bond donors (Lipinski definition) is 0. The zero-order valence-electron chi connectivity index (χ0n) is 30.2. The van der Waals surface area contributed by atoms with Crippen LogP contribution >= 0.6 is 11.3 Å². The quantitative estimate of drug-likeness (QED) is 0.177. The van der Waals surface area contributed by atoms with Crippen LogP contribution in [0.1, 0.15) is 23.6 Å². The van der Waals surface area contributed by atoms with E-state index >= 15 is 0 Å². The number of rotatable bonds is 5. The number of aromatic nitrogens is 2. The normalized spacial score (nSPS) is 14.7. The summed E-state index contributed by atoms with van der Waals surface area (Å²) in [4.78, 5) is 10.6. The Labute approximate surface area is 324 Å². The highest BCUT2D eigenvalue weighted by molar-refractivity contribution is 7.25. The molecule has 2 nitrogen and oxygen atoms in total. The van der Waals surface area contributed by atoms with Crippen LogP contribution in [0.3, 0.4) is 0 Å². The van der Waals surface area contributed by atoms with Crippen molar-refractivity contribution in [1.29, 1.82) is 0 Å². The molecule has 2 heterocycles. The van der Waals surface area contributed by atoms with E-state index < -0.39 is 0 Å². The fraction of sp³-hybridized carbons (Fsp3) is 0.0385. The maximum Gasteiger partial charge on any atom is 0.161 e. The Bertz CT molecular complexity index is 3100. The van der Waals surface area contributed by atoms with E-state index in [4.69, 9.17) is 9.97 Å². The van der Waals surface area contributed by atoms with Crippen molar-refractivity contribution >= 4 is 42.3 Å². The average molecular weight is 719 g/mol. The van der Waals surface area contributed by atoms with Crippen molar-refractivity contribution < 1.29 is 0 Å². The molecule has 0 saturated heterocycles. The minimum Gasteiger partial charge on any atom is -0.228 e. The van der Waals surface area contributed by atoms with Gasteiger partial charge in [0.15, 0.2) is 5.82 Å². The van der Waals surface area contributed by atoms with Crippen LogP contribution in [-0.2, 0) is 5.41 Å². The first-order chi connectivity index (χ1) is 27.1. The predicted molar refractivity (Wildman–Crippen MR) is 232 cm³/mol. The average Bonchev–Trinajstić information content (AvgIpc) is 3.76. The van der Waals surface area contributed by atoms with E-state index in [-0.39, 0.29) is 5.41 Å². The monoisotopic (exact) mass is 718 g/mol. The molecule has 55 heavy (non-hydrogen) atoms. The Kier molecular flexibility index (Phi) is 7.20. The first-order valence-electron chi connectivity index (χ1n) is 18.8. The summed E-state index contributed by atoms with van der Waals surface area (Å²) in [7, 11) is 0. The van der Waals surface area contributed by atoms with Gasteiger partial charge in [-0.15, -0.1) is 11.3 Å². The molecule has 0 spiro atoms. The molecule has 1 aliphatic carbocycles. The zero-order valence-corrected chi connectivity index (χ0v) is 31.0. The number of nitrogens with zero attached hydrogens (tertiary/aromatic N) is 2. The van der Waals surface area contributed by atoms with Gasteiger partial charge in [-0.3, -0.25) is 0 Å². The fourth-order valence-corrected chi connectivity index (χ4v) is 9.90. The van der Waals surface area contributed by atoms with Crippen LogP contribution in [0.15, 0.2) is 188 Å². The molecule has 1 aliphatic rings. The van der Waals surface area contributed by atoms with Crippen molar-refractivity contribution in [3.05, 3.63) is 205 Å². The molecule has 11 rings (SSSR count). The molecule has 2 aromatic heterocycles. The summed E-state index contributed by atoms with van der Waals surface area (Å²) in [6, 6.07) is 68.1. The molecule has 258 valence electrons. The minimum atomic E-state index is -0.299. The summed E-state index contributed by atoms with van der Waals surface area (Å²) in [6.07, 6.45) is 0. The molecule has 0 fully saturated rings. The van der Waals surface area contributed by atoms with Crippen LogP contribution < -0.4 is 0 Å². The Morgan fingerprint density at radius 2 is 1.02 bits per heavy atom. The van der Waals surface area contributed by atoms with Gasteiger partial charge in [-0.05, 0) is 80.9 Å². The second-order valence-corrected chi connectivity index (χ2v) is 15.8. The number of benzene rings is 8. The summed E-state index contributed by atoms with van der Waals surface area (Å²) < 4.78 is 2.63. The van der Waals surface area contributed by atoms with E-state index in [1.807, 2.05) is 11.3 Å². The summed E-state index contributed by atoms with van der Waals surface area (Å²) >= 11 is 1.86. The highest BCUT2D eigenvalue weighted by atomic mass is 32.1. The van der Waals surface area contributed by atoms with Crippen molar-refractivity contribution in [3.63, 3.8) is 0 Å². The molecule has 0 bridgehead atoms. The van der Waals surface area contributed by atoms with E-state index in [0.29, 0.717) is 0 Å². The van der Waals surface area contributed by atoms with Crippen LogP contribution in [0.5, 0.6) is 0 Å². The molecule has 0 N–H and O–H groups in total. The van der Waals surface area contributed by atoms with Crippen molar-refractivity contribution in [2.24, 2.45) is 0 Å². The molecule has 1 atom stereocenters. The van der Waals surface area contributed by atoms with Gasteiger partial charge in [0.25, 0.3) is 0 Å². The summed E-state index contributed by atoms with van der Waals surface area (Å²) in [6.45, 7) is 2.36. The van der Waals surface area contributed by atoms with Gasteiger partial charge < -0.3 is 0 Å². The molecule has 3 heteroatoms. The SMILES string of the molecule is CC1(c2ccccc2)c2ccccc2-c2ccc(-c3cc(-c4ccc(-c5ccc6c(c5)sc5ccccc56)cc4)nc(-c4cccc5ccccc45)n3)cc21. The van der Waals surface area contributed by atoms with Crippen molar-refractivity contribution in [1.82, 2.24) is 9.97 Å². The highest BCUT2D eigenvalue weighted by Gasteiger charge is 2.40. The highest BCUT2D eigenvalue weighted by Crippen LogP contribution is 2.53. The van der Waals surface area contributed by atoms with E-state index in [1.54, 1.807) is 0 Å². The van der Waals surface area contributed by atoms with Crippen LogP contribution in [0, 0.1) is 0 Å². The smallest absolute Gasteiger partial charge is 0.161 e. The molecule has 1 unspecified atom stereocenters. The fourth-order valence-electron chi connectivity index (χ4n) is 8.76. The molecule has 10 aromatic rings. The van der Waals surface area contributed by atoms with Gasteiger partial charge in [-0.1, -0.05) is 164 Å². The van der Waals surface area contributed by atoms with Crippen molar-refractivity contribution in [3.8, 4) is 56.2 Å². The van der Waals surface area contributed by atoms with Crippen molar-refractivity contribution in [2.45, 2.75) is 12.3 Å². The van der Waals surface area contributed by atoms with Crippen LogP contribution in [0.2, 0.25) is 0 Å². The third-order valence-corrected chi connectivity index (χ3v) is 12.7. The standard InChI is InChI=1S/C52H34N2S/c1-52(38-14-3-2-4-15-38)45-20-9-7-17-40(45)41-28-27-37(30-46(41)52)48-32-47(53-51(54-48)44-19-11-13-34-12-5-6-16-39(34)44)35-24-22-33(23-25-35)36-26-29-43-42-18-8-10-21-49(42)55-50(43)31-36/h2-32H,1H3. The lowest BCUT2D eigenvalue weighted by atomic mass is 9.74. The van der Waals surface area contributed by atoms with Crippen LogP contribution in [0.25, 0.3) is 87.1 Å². The summed E-state index contributed by atoms with van der Waals surface area (Å²) in [5, 5.41) is 4.95. The largest absolute Gasteiger partial charge is 0.228 e. The van der Waals surface area contributed by atoms with Gasteiger partial charge in [0.2, 0.25) is 0 Å². The molecule has 0 radical (unpaired) electrons. The third-order valence-electron chi connectivity index (χ3n) is 11.6. The lowest BCUT2D eigenvalue weighted by Gasteiger charge is -2.28. The van der Waals surface area contributed by atoms with Gasteiger partial charge in [0, 0.05) is 42.3 Å². The first kappa shape index (κ1) is 31.8. The Balaban J connectivity index is 1.06. The number of hydrogen-bond acceptors (Lipinski definition) is 3. The van der Waals surface area contributed by atoms with Crippen LogP contribution in [0.4, 0.5) is 0 Å². The van der Waals surface area contributed by atoms with Gasteiger partial charge in [0.05, 0.1) is 11.4 Å². The first-order valence-corrected chi connectivity index (χ1v) is 19.6. The maximum atomic E-state index is 5.35. The van der Waals surface area contributed by atoms with Gasteiger partial charge in [-0.2, -0.15) is 0 Å². The predicted octanol–water partition coefficient (Wildman–Crippen LogP) is 14.0. The second kappa shape index (κ2) is 12.4. The molecule has 0 aliphatic heterocycles. The molecule has 8 aromatic carbocycles. The minimum absolute atomic E-state index is 0.299. The van der Waals surface area contributed by atoms with Crippen LogP contribution in [-0.4, -0.2) is 9.97 Å². The second-order valence-electron chi connectivity index (χ2n) is 14.7. The van der Waals surface area contributed by atoms with Gasteiger partial charge in [-0.25, -0.2) is 9.97 Å². The number of fused-ring (bicyclic) bond motifs is 7.